The van der Waals surface area contributed by atoms with E-state index in [1.54, 1.807) is 0 Å². The Labute approximate surface area is 170 Å². The Bertz CT molecular complexity index is 1310. The van der Waals surface area contributed by atoms with E-state index in [4.69, 9.17) is 4.98 Å². The van der Waals surface area contributed by atoms with E-state index in [1.807, 2.05) is 30.3 Å². The second-order valence-corrected chi connectivity index (χ2v) is 6.97. The Kier molecular flexibility index (Phi) is 4.51. The van der Waals surface area contributed by atoms with Crippen LogP contribution in [0, 0.1) is 0 Å². The van der Waals surface area contributed by atoms with Crippen molar-refractivity contribution in [3.63, 3.8) is 0 Å². The van der Waals surface area contributed by atoms with Crippen molar-refractivity contribution in [3.05, 3.63) is 120 Å². The van der Waals surface area contributed by atoms with E-state index in [2.05, 4.69) is 90.3 Å². The molecule has 0 radical (unpaired) electrons. The summed E-state index contributed by atoms with van der Waals surface area (Å²) in [4.78, 5) is 4.99. The highest BCUT2D eigenvalue weighted by Gasteiger charge is 2.09. The van der Waals surface area contributed by atoms with Crippen molar-refractivity contribution in [2.45, 2.75) is 0 Å². The minimum absolute atomic E-state index is 0.960. The molecule has 1 N–H and O–H groups in total. The van der Waals surface area contributed by atoms with Crippen molar-refractivity contribution in [2.75, 3.05) is 5.32 Å². The van der Waals surface area contributed by atoms with Crippen LogP contribution in [0.3, 0.4) is 0 Å². The first-order valence-electron chi connectivity index (χ1n) is 9.75. The molecule has 29 heavy (non-hydrogen) atoms. The lowest BCUT2D eigenvalue weighted by Gasteiger charge is -2.13. The fraction of sp³-hybridized carbons (Fsp3) is 0. The number of fused-ring (bicyclic) bond motifs is 3. The number of pyridine rings is 1. The Morgan fingerprint density at radius 2 is 1.17 bits per heavy atom. The highest BCUT2D eigenvalue weighted by Crippen LogP contribution is 2.29. The maximum Gasteiger partial charge on any atom is 0.0736 e. The molecule has 0 aliphatic heterocycles. The van der Waals surface area contributed by atoms with E-state index < -0.39 is 0 Å². The summed E-state index contributed by atoms with van der Waals surface area (Å²) >= 11 is 0. The van der Waals surface area contributed by atoms with Gasteiger partial charge in [0.1, 0.15) is 0 Å². The van der Waals surface area contributed by atoms with Crippen molar-refractivity contribution in [1.29, 1.82) is 0 Å². The normalized spacial score (nSPS) is 11.7. The number of aromatic nitrogens is 1. The van der Waals surface area contributed by atoms with Gasteiger partial charge in [0.2, 0.25) is 0 Å². The number of benzene rings is 4. The molecule has 0 saturated carbocycles. The highest BCUT2D eigenvalue weighted by molar-refractivity contribution is 6.09. The average Bonchev–Trinajstić information content (AvgIpc) is 2.80. The van der Waals surface area contributed by atoms with Crippen LogP contribution in [0.5, 0.6) is 0 Å². The molecule has 1 aromatic heterocycles. The largest absolute Gasteiger partial charge is 0.355 e. The van der Waals surface area contributed by atoms with Crippen LogP contribution < -0.4 is 5.32 Å². The van der Waals surface area contributed by atoms with E-state index >= 15 is 0 Å². The van der Waals surface area contributed by atoms with Gasteiger partial charge in [0.05, 0.1) is 11.2 Å². The monoisotopic (exact) mass is 372 g/mol. The molecule has 2 heteroatoms. The van der Waals surface area contributed by atoms with Gasteiger partial charge in [0.15, 0.2) is 0 Å². The summed E-state index contributed by atoms with van der Waals surface area (Å²) in [5.41, 5.74) is 5.15. The van der Waals surface area contributed by atoms with Crippen LogP contribution in [-0.4, -0.2) is 4.98 Å². The fourth-order valence-electron chi connectivity index (χ4n) is 3.66. The maximum absolute atomic E-state index is 4.99. The second kappa shape index (κ2) is 7.61. The van der Waals surface area contributed by atoms with E-state index in [0.29, 0.717) is 0 Å². The summed E-state index contributed by atoms with van der Waals surface area (Å²) in [5.74, 6) is 0. The first-order valence-corrected chi connectivity index (χ1v) is 9.75. The van der Waals surface area contributed by atoms with Gasteiger partial charge < -0.3 is 5.32 Å². The summed E-state index contributed by atoms with van der Waals surface area (Å²) in [6.07, 6.45) is 2.15. The number of hydrogen-bond acceptors (Lipinski definition) is 2. The van der Waals surface area contributed by atoms with Crippen molar-refractivity contribution in [2.24, 2.45) is 0 Å². The molecule has 138 valence electrons. The number of anilines is 1. The van der Waals surface area contributed by atoms with Crippen LogP contribution in [0.15, 0.2) is 109 Å². The standard InChI is InChI=1S/C27H20N2/c1-3-11-20(12-4-1)26(28-21-13-5-2-6-14-21)19-27-24-17-8-7-15-22(24)23-16-9-10-18-25(23)29-27/h1-19,28H/b26-19-. The number of para-hydroxylation sites is 2. The van der Waals surface area contributed by atoms with Gasteiger partial charge in [0.25, 0.3) is 0 Å². The summed E-state index contributed by atoms with van der Waals surface area (Å²) in [6, 6.07) is 37.4. The Morgan fingerprint density at radius 3 is 1.93 bits per heavy atom. The minimum atomic E-state index is 0.960. The molecule has 0 bridgehead atoms. The van der Waals surface area contributed by atoms with Crippen LogP contribution in [0.2, 0.25) is 0 Å². The Hall–Kier alpha value is -3.91. The van der Waals surface area contributed by atoms with E-state index in [0.717, 1.165) is 33.5 Å². The molecule has 1 heterocycles. The lowest BCUT2D eigenvalue weighted by atomic mass is 10.0. The fourth-order valence-corrected chi connectivity index (χ4v) is 3.66. The highest BCUT2D eigenvalue weighted by atomic mass is 14.9. The third-order valence-corrected chi connectivity index (χ3v) is 5.06. The third-order valence-electron chi connectivity index (χ3n) is 5.06. The minimum Gasteiger partial charge on any atom is -0.355 e. The van der Waals surface area contributed by atoms with Gasteiger partial charge in [-0.2, -0.15) is 0 Å². The van der Waals surface area contributed by atoms with Crippen molar-refractivity contribution in [3.8, 4) is 0 Å². The third kappa shape index (κ3) is 3.48. The molecule has 0 aliphatic rings. The first kappa shape index (κ1) is 17.2. The molecule has 0 saturated heterocycles. The Morgan fingerprint density at radius 1 is 0.586 bits per heavy atom. The predicted octanol–water partition coefficient (Wildman–Crippen LogP) is 7.00. The molecule has 0 atom stereocenters. The van der Waals surface area contributed by atoms with Gasteiger partial charge in [-0.05, 0) is 35.2 Å². The topological polar surface area (TPSA) is 24.9 Å². The van der Waals surface area contributed by atoms with Crippen molar-refractivity contribution < 1.29 is 0 Å². The van der Waals surface area contributed by atoms with Gasteiger partial charge in [-0.15, -0.1) is 0 Å². The van der Waals surface area contributed by atoms with E-state index in [1.165, 1.54) is 10.8 Å². The molecule has 0 fully saturated rings. The van der Waals surface area contributed by atoms with E-state index in [-0.39, 0.29) is 0 Å². The summed E-state index contributed by atoms with van der Waals surface area (Å²) in [5, 5.41) is 7.12. The van der Waals surface area contributed by atoms with Crippen LogP contribution in [0.4, 0.5) is 5.69 Å². The SMILES string of the molecule is C(=C(/Nc1ccccc1)c1ccccc1)/c1nc2ccccc2c2ccccc12. The van der Waals surface area contributed by atoms with Crippen LogP contribution in [0.1, 0.15) is 11.3 Å². The Balaban J connectivity index is 1.73. The van der Waals surface area contributed by atoms with Crippen molar-refractivity contribution >= 4 is 39.1 Å². The number of rotatable bonds is 4. The molecule has 0 aliphatic carbocycles. The van der Waals surface area contributed by atoms with Gasteiger partial charge >= 0.3 is 0 Å². The van der Waals surface area contributed by atoms with Gasteiger partial charge in [0, 0.05) is 22.2 Å². The molecule has 5 aromatic rings. The number of nitrogens with one attached hydrogen (secondary N) is 1. The zero-order chi connectivity index (χ0) is 19.5. The van der Waals surface area contributed by atoms with Crippen LogP contribution in [0.25, 0.3) is 33.4 Å². The molecular weight excluding hydrogens is 352 g/mol. The molecular formula is C27H20N2. The summed E-state index contributed by atoms with van der Waals surface area (Å²) in [7, 11) is 0. The average molecular weight is 372 g/mol. The smallest absolute Gasteiger partial charge is 0.0736 e. The van der Waals surface area contributed by atoms with Gasteiger partial charge in [-0.25, -0.2) is 4.98 Å². The summed E-state index contributed by atoms with van der Waals surface area (Å²) in [6.45, 7) is 0. The number of nitrogens with zero attached hydrogens (tertiary/aromatic N) is 1. The zero-order valence-electron chi connectivity index (χ0n) is 15.9. The van der Waals surface area contributed by atoms with Gasteiger partial charge in [-0.1, -0.05) is 91.0 Å². The molecule has 0 amide bonds. The molecule has 2 nitrogen and oxygen atoms in total. The molecule has 4 aromatic carbocycles. The first-order chi connectivity index (χ1) is 14.4. The van der Waals surface area contributed by atoms with E-state index in [9.17, 15) is 0 Å². The van der Waals surface area contributed by atoms with Crippen molar-refractivity contribution in [1.82, 2.24) is 4.98 Å². The second-order valence-electron chi connectivity index (χ2n) is 6.97. The quantitative estimate of drug-likeness (QED) is 0.344. The van der Waals surface area contributed by atoms with Crippen LogP contribution in [-0.2, 0) is 0 Å². The zero-order valence-corrected chi connectivity index (χ0v) is 15.9. The lowest BCUT2D eigenvalue weighted by molar-refractivity contribution is 1.40. The lowest BCUT2D eigenvalue weighted by Crippen LogP contribution is -1.99. The number of hydrogen-bond donors (Lipinski definition) is 1. The molecule has 0 spiro atoms. The van der Waals surface area contributed by atoms with Gasteiger partial charge in [-0.3, -0.25) is 0 Å². The maximum atomic E-state index is 4.99. The predicted molar refractivity (Wildman–Crippen MR) is 124 cm³/mol. The summed E-state index contributed by atoms with van der Waals surface area (Å²) < 4.78 is 0. The molecule has 0 unspecified atom stereocenters. The van der Waals surface area contributed by atoms with Crippen LogP contribution >= 0.6 is 0 Å². The molecule has 5 rings (SSSR count).